The van der Waals surface area contributed by atoms with Gasteiger partial charge in [-0.15, -0.1) is 0 Å². The van der Waals surface area contributed by atoms with Gasteiger partial charge < -0.3 is 19.7 Å². The number of ether oxygens (including phenoxy) is 2. The van der Waals surface area contributed by atoms with Gasteiger partial charge in [-0.05, 0) is 30.2 Å². The molecule has 1 unspecified atom stereocenters. The molecule has 0 spiro atoms. The van der Waals surface area contributed by atoms with Gasteiger partial charge in [0.15, 0.2) is 11.5 Å². The Morgan fingerprint density at radius 2 is 2.00 bits per heavy atom. The number of carbonyl (C=O) groups is 2. The van der Waals surface area contributed by atoms with E-state index in [1.807, 2.05) is 24.3 Å². The molecule has 0 bridgehead atoms. The van der Waals surface area contributed by atoms with Crippen LogP contribution < -0.4 is 19.7 Å². The van der Waals surface area contributed by atoms with Gasteiger partial charge in [-0.2, -0.15) is 0 Å². The summed E-state index contributed by atoms with van der Waals surface area (Å²) in [7, 11) is 1.60. The lowest BCUT2D eigenvalue weighted by molar-refractivity contribution is -0.126. The molecule has 160 valence electrons. The molecule has 2 aromatic rings. The van der Waals surface area contributed by atoms with E-state index in [-0.39, 0.29) is 11.8 Å². The van der Waals surface area contributed by atoms with E-state index in [0.717, 1.165) is 24.8 Å². The van der Waals surface area contributed by atoms with E-state index in [1.54, 1.807) is 24.1 Å². The van der Waals surface area contributed by atoms with Crippen molar-refractivity contribution in [2.24, 2.45) is 0 Å². The molecule has 0 radical (unpaired) electrons. The van der Waals surface area contributed by atoms with Gasteiger partial charge in [-0.25, -0.2) is 0 Å². The van der Waals surface area contributed by atoms with Crippen LogP contribution in [0.5, 0.6) is 11.5 Å². The fraction of sp³-hybridized carbons (Fsp3) is 0.391. The molecule has 2 amide bonds. The van der Waals surface area contributed by atoms with Crippen molar-refractivity contribution in [2.45, 2.75) is 45.7 Å². The number of amides is 2. The first-order chi connectivity index (χ1) is 14.5. The quantitative estimate of drug-likeness (QED) is 0.588. The van der Waals surface area contributed by atoms with Crippen LogP contribution in [-0.4, -0.2) is 25.5 Å². The lowest BCUT2D eigenvalue weighted by Gasteiger charge is -2.20. The molecule has 0 saturated carbocycles. The molecule has 1 aliphatic rings. The number of rotatable bonds is 9. The maximum absolute atomic E-state index is 13.1. The second kappa shape index (κ2) is 9.85. The lowest BCUT2D eigenvalue weighted by Crippen LogP contribution is -2.36. The van der Waals surface area contributed by atoms with Gasteiger partial charge in [0.05, 0.1) is 31.0 Å². The predicted octanol–water partition coefficient (Wildman–Crippen LogP) is 4.64. The highest BCUT2D eigenvalue weighted by Gasteiger charge is 2.39. The number of carbonyl (C=O) groups excluding carboxylic acids is 2. The highest BCUT2D eigenvalue weighted by atomic mass is 35.5. The molecular weight excluding hydrogens is 404 g/mol. The number of methoxy groups -OCH3 is 1. The number of hydrogen-bond donors (Lipinski definition) is 1. The number of halogens is 1. The number of nitrogens with zero attached hydrogens (tertiary/aromatic N) is 1. The molecule has 30 heavy (non-hydrogen) atoms. The number of nitrogens with one attached hydrogen (secondary N) is 1. The van der Waals surface area contributed by atoms with Crippen LogP contribution in [0.1, 0.15) is 50.3 Å². The summed E-state index contributed by atoms with van der Waals surface area (Å²) in [6.45, 7) is 4.48. The van der Waals surface area contributed by atoms with Gasteiger partial charge in [0.25, 0.3) is 5.91 Å². The molecular formula is C23H27ClN2O4. The second-order valence-electron chi connectivity index (χ2n) is 7.28. The minimum atomic E-state index is -0.737. The first kappa shape index (κ1) is 22.0. The highest BCUT2D eigenvalue weighted by Crippen LogP contribution is 2.42. The van der Waals surface area contributed by atoms with Crippen LogP contribution in [0, 0.1) is 0 Å². The first-order valence-corrected chi connectivity index (χ1v) is 10.5. The number of anilines is 1. The van der Waals surface area contributed by atoms with Crippen molar-refractivity contribution in [1.82, 2.24) is 5.32 Å². The third-order valence-electron chi connectivity index (χ3n) is 5.03. The topological polar surface area (TPSA) is 67.9 Å². The number of para-hydroxylation sites is 1. The van der Waals surface area contributed by atoms with Crippen molar-refractivity contribution < 1.29 is 19.1 Å². The number of fused-ring (bicyclic) bond motifs is 1. The molecule has 0 saturated heterocycles. The maximum Gasteiger partial charge on any atom is 0.254 e. The Labute approximate surface area is 182 Å². The van der Waals surface area contributed by atoms with Gasteiger partial charge in [0, 0.05) is 12.5 Å². The van der Waals surface area contributed by atoms with E-state index < -0.39 is 6.04 Å². The molecule has 1 N–H and O–H groups in total. The molecule has 1 heterocycles. The first-order valence-electron chi connectivity index (χ1n) is 10.1. The number of unbranched alkanes of at least 4 members (excludes halogenated alkanes) is 2. The summed E-state index contributed by atoms with van der Waals surface area (Å²) in [4.78, 5) is 26.3. The monoisotopic (exact) mass is 430 g/mol. The second-order valence-corrected chi connectivity index (χ2v) is 7.68. The van der Waals surface area contributed by atoms with Crippen molar-refractivity contribution in [3.05, 3.63) is 52.5 Å². The van der Waals surface area contributed by atoms with Gasteiger partial charge >= 0.3 is 0 Å². The molecule has 1 aliphatic heterocycles. The smallest absolute Gasteiger partial charge is 0.254 e. The van der Waals surface area contributed by atoms with Crippen LogP contribution in [0.3, 0.4) is 0 Å². The maximum atomic E-state index is 13.1. The van der Waals surface area contributed by atoms with Crippen molar-refractivity contribution in [2.75, 3.05) is 18.6 Å². The fourth-order valence-electron chi connectivity index (χ4n) is 3.59. The van der Waals surface area contributed by atoms with E-state index in [9.17, 15) is 9.59 Å². The fourth-order valence-corrected chi connectivity index (χ4v) is 3.88. The average molecular weight is 431 g/mol. The van der Waals surface area contributed by atoms with Crippen LogP contribution in [-0.2, 0) is 16.1 Å². The zero-order chi connectivity index (χ0) is 21.7. The summed E-state index contributed by atoms with van der Waals surface area (Å²) >= 11 is 6.41. The van der Waals surface area contributed by atoms with Crippen molar-refractivity contribution >= 4 is 29.1 Å². The summed E-state index contributed by atoms with van der Waals surface area (Å²) in [5.74, 6) is 0.813. The Morgan fingerprint density at radius 1 is 1.20 bits per heavy atom. The van der Waals surface area contributed by atoms with E-state index in [2.05, 4.69) is 12.2 Å². The van der Waals surface area contributed by atoms with Crippen LogP contribution in [0.2, 0.25) is 5.02 Å². The van der Waals surface area contributed by atoms with Crippen LogP contribution in [0.25, 0.3) is 0 Å². The van der Waals surface area contributed by atoms with Crippen molar-refractivity contribution in [3.8, 4) is 11.5 Å². The molecule has 0 aliphatic carbocycles. The minimum Gasteiger partial charge on any atom is -0.493 e. The molecule has 0 fully saturated rings. The van der Waals surface area contributed by atoms with Crippen molar-refractivity contribution in [1.29, 1.82) is 0 Å². The Morgan fingerprint density at radius 3 is 2.70 bits per heavy atom. The minimum absolute atomic E-state index is 0.216. The predicted molar refractivity (Wildman–Crippen MR) is 117 cm³/mol. The summed E-state index contributed by atoms with van der Waals surface area (Å²) in [6.07, 6.45) is 3.24. The molecule has 3 rings (SSSR count). The largest absolute Gasteiger partial charge is 0.493 e. The third kappa shape index (κ3) is 4.70. The lowest BCUT2D eigenvalue weighted by atomic mass is 10.1. The Bertz CT molecular complexity index is 931. The van der Waals surface area contributed by atoms with Crippen LogP contribution in [0.15, 0.2) is 36.4 Å². The number of hydrogen-bond acceptors (Lipinski definition) is 4. The molecule has 6 nitrogen and oxygen atoms in total. The van der Waals surface area contributed by atoms with E-state index in [0.29, 0.717) is 40.9 Å². The Balaban J connectivity index is 1.83. The van der Waals surface area contributed by atoms with Gasteiger partial charge in [0.1, 0.15) is 6.04 Å². The summed E-state index contributed by atoms with van der Waals surface area (Å²) in [6, 6.07) is 10.2. The zero-order valence-corrected chi connectivity index (χ0v) is 18.3. The van der Waals surface area contributed by atoms with Crippen LogP contribution >= 0.6 is 11.6 Å². The molecule has 7 heteroatoms. The normalized spacial score (nSPS) is 15.1. The van der Waals surface area contributed by atoms with E-state index in [1.165, 1.54) is 6.92 Å². The van der Waals surface area contributed by atoms with E-state index >= 15 is 0 Å². The standard InChI is InChI=1S/C23H27ClN2O4/c1-4-5-6-12-30-19-11-10-16(13-20(19)29-3)14-26-22-17(8-7-9-18(22)24)21(23(26)28)25-15(2)27/h7-11,13,21H,4-6,12,14H2,1-3H3,(H,25,27). The number of benzene rings is 2. The zero-order valence-electron chi connectivity index (χ0n) is 17.5. The van der Waals surface area contributed by atoms with Crippen molar-refractivity contribution in [3.63, 3.8) is 0 Å². The summed E-state index contributed by atoms with van der Waals surface area (Å²) in [5, 5.41) is 3.19. The molecule has 0 aromatic heterocycles. The molecule has 1 atom stereocenters. The summed E-state index contributed by atoms with van der Waals surface area (Å²) in [5.41, 5.74) is 2.20. The third-order valence-corrected chi connectivity index (χ3v) is 5.34. The average Bonchev–Trinajstić information content (AvgIpc) is 2.98. The van der Waals surface area contributed by atoms with Gasteiger partial charge in [-0.3, -0.25) is 9.59 Å². The molecule has 2 aromatic carbocycles. The summed E-state index contributed by atoms with van der Waals surface area (Å²) < 4.78 is 11.3. The highest BCUT2D eigenvalue weighted by molar-refractivity contribution is 6.34. The SMILES string of the molecule is CCCCCOc1ccc(CN2C(=O)C(NC(C)=O)c3cccc(Cl)c32)cc1OC. The van der Waals surface area contributed by atoms with Gasteiger partial charge in [-0.1, -0.05) is 49.6 Å². The van der Waals surface area contributed by atoms with E-state index in [4.69, 9.17) is 21.1 Å². The van der Waals surface area contributed by atoms with Crippen LogP contribution in [0.4, 0.5) is 5.69 Å². The Kier molecular flexibility index (Phi) is 7.21. The Hall–Kier alpha value is -2.73. The van der Waals surface area contributed by atoms with Gasteiger partial charge in [0.2, 0.25) is 5.91 Å².